The van der Waals surface area contributed by atoms with Crippen LogP contribution in [0.4, 0.5) is 10.2 Å². The number of rotatable bonds is 2. The number of halogens is 2. The molecule has 0 saturated heterocycles. The van der Waals surface area contributed by atoms with Gasteiger partial charge >= 0.3 is 0 Å². The van der Waals surface area contributed by atoms with E-state index in [4.69, 9.17) is 17.3 Å². The lowest BCUT2D eigenvalue weighted by molar-refractivity contribution is 0.628. The Kier molecular flexibility index (Phi) is 3.60. The second-order valence-electron chi connectivity index (χ2n) is 5.98. The standard InChI is InChI=1S/C19H11ClFN5S/c20-13-7-11(8-14-16(13)24-9-27-14)17-15(10-1-3-12(21)4-2-10)25-18(22)19-23-5-6-26(17)19/h1-9H,(H2,22,25). The zero-order valence-electron chi connectivity index (χ0n) is 13.7. The SMILES string of the molecule is Nc1nc(-c2ccc(F)cc2)c(-c2cc(Cl)c3ncsc3c2)n2ccnc12. The van der Waals surface area contributed by atoms with Crippen molar-refractivity contribution in [2.75, 3.05) is 5.73 Å². The summed E-state index contributed by atoms with van der Waals surface area (Å²) >= 11 is 7.96. The summed E-state index contributed by atoms with van der Waals surface area (Å²) in [6.07, 6.45) is 3.48. The van der Waals surface area contributed by atoms with Crippen LogP contribution < -0.4 is 5.73 Å². The van der Waals surface area contributed by atoms with Gasteiger partial charge in [-0.05, 0) is 36.4 Å². The number of nitrogens with two attached hydrogens (primary N) is 1. The molecule has 8 heteroatoms. The minimum Gasteiger partial charge on any atom is -0.381 e. The topological polar surface area (TPSA) is 69.1 Å². The normalized spacial score (nSPS) is 11.5. The fraction of sp³-hybridized carbons (Fsp3) is 0. The first-order valence-electron chi connectivity index (χ1n) is 8.03. The number of thiazole rings is 1. The predicted molar refractivity (Wildman–Crippen MR) is 106 cm³/mol. The number of hydrogen-bond acceptors (Lipinski definition) is 5. The van der Waals surface area contributed by atoms with Crippen molar-refractivity contribution in [1.29, 1.82) is 0 Å². The van der Waals surface area contributed by atoms with Gasteiger partial charge in [0.05, 0.1) is 32.1 Å². The summed E-state index contributed by atoms with van der Waals surface area (Å²) in [4.78, 5) is 13.2. The number of nitrogens with zero attached hydrogens (tertiary/aromatic N) is 4. The van der Waals surface area contributed by atoms with Crippen LogP contribution in [0.25, 0.3) is 38.4 Å². The highest BCUT2D eigenvalue weighted by Gasteiger charge is 2.18. The van der Waals surface area contributed by atoms with Crippen molar-refractivity contribution in [3.8, 4) is 22.5 Å². The Balaban J connectivity index is 1.88. The van der Waals surface area contributed by atoms with Gasteiger partial charge in [0.25, 0.3) is 0 Å². The molecule has 0 atom stereocenters. The fourth-order valence-electron chi connectivity index (χ4n) is 3.16. The van der Waals surface area contributed by atoms with E-state index >= 15 is 0 Å². The van der Waals surface area contributed by atoms with Gasteiger partial charge in [-0.3, -0.25) is 4.40 Å². The molecule has 5 rings (SSSR count). The Morgan fingerprint density at radius 3 is 2.70 bits per heavy atom. The lowest BCUT2D eigenvalue weighted by Crippen LogP contribution is -2.03. The zero-order valence-corrected chi connectivity index (χ0v) is 15.3. The molecule has 3 heterocycles. The highest BCUT2D eigenvalue weighted by atomic mass is 35.5. The molecule has 0 fully saturated rings. The molecule has 0 radical (unpaired) electrons. The van der Waals surface area contributed by atoms with E-state index in [2.05, 4.69) is 15.0 Å². The lowest BCUT2D eigenvalue weighted by atomic mass is 10.0. The first kappa shape index (κ1) is 16.2. The zero-order chi connectivity index (χ0) is 18.5. The van der Waals surface area contributed by atoms with E-state index in [-0.39, 0.29) is 5.82 Å². The molecule has 2 aromatic carbocycles. The average Bonchev–Trinajstić information content (AvgIpc) is 3.32. The van der Waals surface area contributed by atoms with Crippen LogP contribution in [-0.4, -0.2) is 19.4 Å². The van der Waals surface area contributed by atoms with Crippen LogP contribution in [0.5, 0.6) is 0 Å². The number of anilines is 1. The van der Waals surface area contributed by atoms with Crippen molar-refractivity contribution < 1.29 is 4.39 Å². The summed E-state index contributed by atoms with van der Waals surface area (Å²) in [6.45, 7) is 0. The molecule has 0 amide bonds. The van der Waals surface area contributed by atoms with Crippen LogP contribution in [0.1, 0.15) is 0 Å². The second-order valence-corrected chi connectivity index (χ2v) is 7.27. The number of hydrogen-bond donors (Lipinski definition) is 1. The van der Waals surface area contributed by atoms with Crippen LogP contribution in [0.3, 0.4) is 0 Å². The van der Waals surface area contributed by atoms with Gasteiger partial charge in [0.2, 0.25) is 0 Å². The van der Waals surface area contributed by atoms with Gasteiger partial charge < -0.3 is 5.73 Å². The van der Waals surface area contributed by atoms with Crippen LogP contribution in [0.15, 0.2) is 54.3 Å². The third-order valence-electron chi connectivity index (χ3n) is 4.35. The third kappa shape index (κ3) is 2.55. The monoisotopic (exact) mass is 395 g/mol. The fourth-order valence-corrected chi connectivity index (χ4v) is 4.22. The maximum Gasteiger partial charge on any atom is 0.180 e. The summed E-state index contributed by atoms with van der Waals surface area (Å²) < 4.78 is 16.3. The molecule has 5 aromatic rings. The van der Waals surface area contributed by atoms with Gasteiger partial charge in [-0.25, -0.2) is 19.3 Å². The molecule has 0 unspecified atom stereocenters. The smallest absolute Gasteiger partial charge is 0.180 e. The van der Waals surface area contributed by atoms with Crippen molar-refractivity contribution in [3.05, 3.63) is 65.1 Å². The Bertz CT molecular complexity index is 1310. The summed E-state index contributed by atoms with van der Waals surface area (Å²) in [5.41, 5.74) is 12.2. The molecule has 2 N–H and O–H groups in total. The predicted octanol–water partition coefficient (Wildman–Crippen LogP) is 5.05. The highest BCUT2D eigenvalue weighted by Crippen LogP contribution is 2.37. The molecular weight excluding hydrogens is 385 g/mol. The van der Waals surface area contributed by atoms with E-state index in [0.29, 0.717) is 22.2 Å². The largest absolute Gasteiger partial charge is 0.381 e. The Morgan fingerprint density at radius 2 is 1.89 bits per heavy atom. The number of aromatic nitrogens is 4. The van der Waals surface area contributed by atoms with Crippen molar-refractivity contribution in [3.63, 3.8) is 0 Å². The summed E-state index contributed by atoms with van der Waals surface area (Å²) in [7, 11) is 0. The van der Waals surface area contributed by atoms with Gasteiger partial charge in [0.15, 0.2) is 11.5 Å². The molecule has 27 heavy (non-hydrogen) atoms. The third-order valence-corrected chi connectivity index (χ3v) is 5.41. The molecule has 3 aromatic heterocycles. The average molecular weight is 396 g/mol. The van der Waals surface area contributed by atoms with Gasteiger partial charge in [0, 0.05) is 23.5 Å². The van der Waals surface area contributed by atoms with Gasteiger partial charge in [0.1, 0.15) is 5.82 Å². The Morgan fingerprint density at radius 1 is 1.07 bits per heavy atom. The number of benzene rings is 2. The van der Waals surface area contributed by atoms with Crippen LogP contribution in [0, 0.1) is 5.82 Å². The van der Waals surface area contributed by atoms with Crippen LogP contribution >= 0.6 is 22.9 Å². The maximum absolute atomic E-state index is 13.4. The van der Waals surface area contributed by atoms with E-state index in [0.717, 1.165) is 27.0 Å². The van der Waals surface area contributed by atoms with Crippen molar-refractivity contribution >= 4 is 44.6 Å². The highest BCUT2D eigenvalue weighted by molar-refractivity contribution is 7.16. The van der Waals surface area contributed by atoms with E-state index in [1.54, 1.807) is 23.8 Å². The van der Waals surface area contributed by atoms with Gasteiger partial charge in [-0.15, -0.1) is 11.3 Å². The lowest BCUT2D eigenvalue weighted by Gasteiger charge is -2.14. The quantitative estimate of drug-likeness (QED) is 0.454. The Hall–Kier alpha value is -3.03. The number of fused-ring (bicyclic) bond motifs is 2. The molecular formula is C19H11ClFN5S. The molecule has 0 aliphatic heterocycles. The van der Waals surface area contributed by atoms with Crippen molar-refractivity contribution in [2.45, 2.75) is 0 Å². The van der Waals surface area contributed by atoms with Crippen LogP contribution in [0.2, 0.25) is 5.02 Å². The van der Waals surface area contributed by atoms with Gasteiger partial charge in [-0.2, -0.15) is 0 Å². The van der Waals surface area contributed by atoms with E-state index in [9.17, 15) is 4.39 Å². The maximum atomic E-state index is 13.4. The summed E-state index contributed by atoms with van der Waals surface area (Å²) in [5.74, 6) is -0.0147. The molecule has 0 saturated carbocycles. The molecule has 132 valence electrons. The van der Waals surface area contributed by atoms with E-state index < -0.39 is 0 Å². The number of imidazole rings is 1. The molecule has 0 bridgehead atoms. The summed E-state index contributed by atoms with van der Waals surface area (Å²) in [5, 5.41) is 0.555. The minimum atomic E-state index is -0.314. The molecule has 0 aliphatic rings. The summed E-state index contributed by atoms with van der Waals surface area (Å²) in [6, 6.07) is 10.0. The molecule has 5 nitrogen and oxygen atoms in total. The number of nitrogen functional groups attached to an aromatic ring is 1. The van der Waals surface area contributed by atoms with Gasteiger partial charge in [-0.1, -0.05) is 11.6 Å². The molecule has 0 aliphatic carbocycles. The Labute approximate surface area is 161 Å². The van der Waals surface area contributed by atoms with E-state index in [1.807, 2.05) is 22.7 Å². The van der Waals surface area contributed by atoms with Crippen LogP contribution in [-0.2, 0) is 0 Å². The van der Waals surface area contributed by atoms with E-state index in [1.165, 1.54) is 23.5 Å². The first-order valence-corrected chi connectivity index (χ1v) is 9.29. The van der Waals surface area contributed by atoms with Crippen molar-refractivity contribution in [2.24, 2.45) is 0 Å². The first-order chi connectivity index (χ1) is 13.1. The van der Waals surface area contributed by atoms with Crippen molar-refractivity contribution in [1.82, 2.24) is 19.4 Å². The molecule has 0 spiro atoms. The minimum absolute atomic E-state index is 0.299. The second kappa shape index (κ2) is 6.00.